The van der Waals surface area contributed by atoms with Crippen LogP contribution in [-0.2, 0) is 30.2 Å². The lowest BCUT2D eigenvalue weighted by atomic mass is 9.86. The standard InChI is InChI=1S/C27H35NO9/c1-26(2,31)7-8-27(32,13-20(29)33-3)25(30)37-24-21-17-12-19-18(35-14-36-19)11-15(17)5-9-28-10-6-16(22(21)28)23(24)34-4/h11-12,21-22,24,31-32H,5-10,13-14H2,1-4H3/t21?,22-,24-,27+/m0/s1. The van der Waals surface area contributed by atoms with Crippen LogP contribution in [0.15, 0.2) is 23.5 Å². The van der Waals surface area contributed by atoms with Crippen molar-refractivity contribution in [3.8, 4) is 11.5 Å². The molecule has 5 rings (SSSR count). The molecule has 3 heterocycles. The molecule has 1 aromatic rings. The number of rotatable bonds is 8. The number of fused-ring (bicyclic) bond motifs is 3. The van der Waals surface area contributed by atoms with Crippen LogP contribution in [0.3, 0.4) is 0 Å². The third-order valence-corrected chi connectivity index (χ3v) is 7.97. The molecule has 10 nitrogen and oxygen atoms in total. The Bertz CT molecular complexity index is 1120. The second kappa shape index (κ2) is 9.49. The third kappa shape index (κ3) is 4.66. The molecule has 202 valence electrons. The van der Waals surface area contributed by atoms with E-state index in [4.69, 9.17) is 23.7 Å². The predicted molar refractivity (Wildman–Crippen MR) is 130 cm³/mol. The Labute approximate surface area is 216 Å². The zero-order valence-electron chi connectivity index (χ0n) is 21.7. The fourth-order valence-corrected chi connectivity index (χ4v) is 6.06. The number of hydrogen-bond donors (Lipinski definition) is 2. The summed E-state index contributed by atoms with van der Waals surface area (Å²) in [5.74, 6) is -0.0381. The predicted octanol–water partition coefficient (Wildman–Crippen LogP) is 1.80. The van der Waals surface area contributed by atoms with Gasteiger partial charge >= 0.3 is 11.9 Å². The molecule has 1 saturated heterocycles. The molecule has 1 fully saturated rings. The molecule has 0 amide bonds. The maximum atomic E-state index is 13.6. The van der Waals surface area contributed by atoms with Crippen molar-refractivity contribution >= 4 is 11.9 Å². The van der Waals surface area contributed by atoms with Crippen molar-refractivity contribution in [2.24, 2.45) is 0 Å². The van der Waals surface area contributed by atoms with Gasteiger partial charge in [-0.25, -0.2) is 4.79 Å². The molecule has 1 aliphatic carbocycles. The van der Waals surface area contributed by atoms with Crippen LogP contribution in [0.5, 0.6) is 11.5 Å². The van der Waals surface area contributed by atoms with E-state index in [1.807, 2.05) is 12.1 Å². The summed E-state index contributed by atoms with van der Waals surface area (Å²) in [6.45, 7) is 5.02. The summed E-state index contributed by atoms with van der Waals surface area (Å²) >= 11 is 0. The maximum Gasteiger partial charge on any atom is 0.339 e. The van der Waals surface area contributed by atoms with Gasteiger partial charge in [0.15, 0.2) is 23.2 Å². The number of nitrogens with zero attached hydrogens (tertiary/aromatic N) is 1. The molecular weight excluding hydrogens is 482 g/mol. The Kier molecular flexibility index (Phi) is 6.62. The largest absolute Gasteiger partial charge is 0.497 e. The van der Waals surface area contributed by atoms with Gasteiger partial charge in [-0.1, -0.05) is 0 Å². The van der Waals surface area contributed by atoms with E-state index in [2.05, 4.69) is 4.90 Å². The van der Waals surface area contributed by atoms with Gasteiger partial charge in [-0.3, -0.25) is 9.69 Å². The first kappa shape index (κ1) is 25.8. The Hall–Kier alpha value is -2.82. The highest BCUT2D eigenvalue weighted by atomic mass is 16.7. The molecule has 0 saturated carbocycles. The van der Waals surface area contributed by atoms with Gasteiger partial charge < -0.3 is 33.9 Å². The molecule has 0 radical (unpaired) electrons. The molecule has 37 heavy (non-hydrogen) atoms. The number of benzene rings is 1. The van der Waals surface area contributed by atoms with E-state index in [9.17, 15) is 19.8 Å². The van der Waals surface area contributed by atoms with Gasteiger partial charge in [-0.2, -0.15) is 0 Å². The van der Waals surface area contributed by atoms with Crippen LogP contribution in [0.2, 0.25) is 0 Å². The third-order valence-electron chi connectivity index (χ3n) is 7.97. The normalized spacial score (nSPS) is 25.7. The second-order valence-electron chi connectivity index (χ2n) is 10.9. The van der Waals surface area contributed by atoms with Crippen LogP contribution in [0.1, 0.15) is 56.6 Å². The molecule has 1 unspecified atom stereocenters. The van der Waals surface area contributed by atoms with Crippen molar-refractivity contribution < 1.29 is 43.5 Å². The van der Waals surface area contributed by atoms with Gasteiger partial charge in [0.1, 0.15) is 5.76 Å². The second-order valence-corrected chi connectivity index (χ2v) is 10.9. The number of ether oxygens (including phenoxy) is 5. The summed E-state index contributed by atoms with van der Waals surface area (Å²) in [7, 11) is 2.75. The summed E-state index contributed by atoms with van der Waals surface area (Å²) in [4.78, 5) is 28.1. The van der Waals surface area contributed by atoms with Crippen molar-refractivity contribution in [2.45, 2.75) is 75.2 Å². The minimum atomic E-state index is -2.17. The highest BCUT2D eigenvalue weighted by molar-refractivity contribution is 5.86. The molecule has 0 bridgehead atoms. The first-order valence-corrected chi connectivity index (χ1v) is 12.7. The van der Waals surface area contributed by atoms with Gasteiger partial charge in [0.25, 0.3) is 0 Å². The Morgan fingerprint density at radius 2 is 1.78 bits per heavy atom. The smallest absolute Gasteiger partial charge is 0.339 e. The Morgan fingerprint density at radius 3 is 2.46 bits per heavy atom. The lowest BCUT2D eigenvalue weighted by molar-refractivity contribution is -0.179. The number of methoxy groups -OCH3 is 2. The van der Waals surface area contributed by atoms with E-state index in [0.717, 1.165) is 42.6 Å². The number of aliphatic hydroxyl groups is 2. The van der Waals surface area contributed by atoms with Crippen molar-refractivity contribution in [3.05, 3.63) is 34.6 Å². The highest BCUT2D eigenvalue weighted by Gasteiger charge is 2.55. The van der Waals surface area contributed by atoms with Gasteiger partial charge in [0, 0.05) is 25.0 Å². The van der Waals surface area contributed by atoms with E-state index in [1.165, 1.54) is 7.11 Å². The topological polar surface area (TPSA) is 124 Å². The van der Waals surface area contributed by atoms with E-state index in [1.54, 1.807) is 21.0 Å². The van der Waals surface area contributed by atoms with Crippen LogP contribution in [0, 0.1) is 0 Å². The fraction of sp³-hybridized carbons (Fsp3) is 0.630. The summed E-state index contributed by atoms with van der Waals surface area (Å²) in [6, 6.07) is 3.95. The van der Waals surface area contributed by atoms with Crippen molar-refractivity contribution in [1.29, 1.82) is 0 Å². The van der Waals surface area contributed by atoms with E-state index in [-0.39, 0.29) is 31.6 Å². The first-order valence-electron chi connectivity index (χ1n) is 12.7. The average Bonchev–Trinajstić information content (AvgIpc) is 3.52. The molecule has 10 heteroatoms. The minimum Gasteiger partial charge on any atom is -0.497 e. The zero-order chi connectivity index (χ0) is 26.5. The van der Waals surface area contributed by atoms with Gasteiger partial charge in [-0.05, 0) is 68.4 Å². The SMILES string of the molecule is COC(=O)C[C@](O)(CCC(C)(C)O)C(=O)O[C@@H]1C(OC)=C2CCN3CCc4cc5c(cc4C1[C@H]23)OCO5. The highest BCUT2D eigenvalue weighted by Crippen LogP contribution is 2.52. The summed E-state index contributed by atoms with van der Waals surface area (Å²) in [5, 5.41) is 21.6. The van der Waals surface area contributed by atoms with E-state index >= 15 is 0 Å². The van der Waals surface area contributed by atoms with E-state index < -0.39 is 35.7 Å². The van der Waals surface area contributed by atoms with E-state index in [0.29, 0.717) is 17.3 Å². The van der Waals surface area contributed by atoms with Gasteiger partial charge in [0.2, 0.25) is 6.79 Å². The molecule has 1 aromatic carbocycles. The number of hydrogen-bond acceptors (Lipinski definition) is 10. The molecule has 0 aromatic heterocycles. The molecule has 2 N–H and O–H groups in total. The van der Waals surface area contributed by atoms with Crippen molar-refractivity contribution in [3.63, 3.8) is 0 Å². The quantitative estimate of drug-likeness (QED) is 0.493. The Balaban J connectivity index is 1.51. The zero-order valence-corrected chi connectivity index (χ0v) is 21.7. The van der Waals surface area contributed by atoms with Crippen molar-refractivity contribution in [1.82, 2.24) is 4.90 Å². The molecule has 4 aliphatic rings. The summed E-state index contributed by atoms with van der Waals surface area (Å²) in [6.07, 6.45) is 0.121. The van der Waals surface area contributed by atoms with Crippen LogP contribution in [0.4, 0.5) is 0 Å². The number of carbonyl (C=O) groups is 2. The van der Waals surface area contributed by atoms with Gasteiger partial charge in [0.05, 0.1) is 26.2 Å². The van der Waals surface area contributed by atoms with Crippen LogP contribution < -0.4 is 9.47 Å². The van der Waals surface area contributed by atoms with Crippen LogP contribution >= 0.6 is 0 Å². The lowest BCUT2D eigenvalue weighted by Gasteiger charge is -2.33. The van der Waals surface area contributed by atoms with Crippen molar-refractivity contribution in [2.75, 3.05) is 34.1 Å². The fourth-order valence-electron chi connectivity index (χ4n) is 6.06. The average molecular weight is 518 g/mol. The lowest BCUT2D eigenvalue weighted by Crippen LogP contribution is -2.46. The summed E-state index contributed by atoms with van der Waals surface area (Å²) < 4.78 is 27.9. The molecule has 4 atom stereocenters. The minimum absolute atomic E-state index is 0.0144. The number of esters is 2. The van der Waals surface area contributed by atoms with Crippen LogP contribution in [-0.4, -0.2) is 84.5 Å². The molecular formula is C27H35NO9. The molecule has 3 aliphatic heterocycles. The monoisotopic (exact) mass is 517 g/mol. The van der Waals surface area contributed by atoms with Crippen LogP contribution in [0.25, 0.3) is 0 Å². The van der Waals surface area contributed by atoms with Gasteiger partial charge in [-0.15, -0.1) is 0 Å². The molecule has 0 spiro atoms. The number of carbonyl (C=O) groups excluding carboxylic acids is 2. The first-order chi connectivity index (χ1) is 17.5. The summed E-state index contributed by atoms with van der Waals surface area (Å²) in [5.41, 5.74) is -0.153. The Morgan fingerprint density at radius 1 is 1.08 bits per heavy atom. The maximum absolute atomic E-state index is 13.6.